The predicted octanol–water partition coefficient (Wildman–Crippen LogP) is 2.62. The number of rotatable bonds is 4. The largest absolute Gasteiger partial charge is 0.495 e. The van der Waals surface area contributed by atoms with Crippen LogP contribution in [0.4, 0.5) is 5.69 Å². The Morgan fingerprint density at radius 1 is 1.35 bits per heavy atom. The zero-order valence-electron chi connectivity index (χ0n) is 10.9. The first kappa shape index (κ1) is 12.2. The third kappa shape index (κ3) is 2.55. The summed E-state index contributed by atoms with van der Waals surface area (Å²) in [6.45, 7) is 4.00. The average Bonchev–Trinajstić information content (AvgIpc) is 2.77. The molecule has 1 aromatic rings. The van der Waals surface area contributed by atoms with Gasteiger partial charge in [0.2, 0.25) is 0 Å². The van der Waals surface area contributed by atoms with Crippen molar-refractivity contribution < 1.29 is 9.47 Å². The lowest BCUT2D eigenvalue weighted by atomic mass is 10.1. The van der Waals surface area contributed by atoms with Crippen LogP contribution in [0, 0.1) is 6.92 Å². The summed E-state index contributed by atoms with van der Waals surface area (Å²) in [5, 5.41) is 0. The molecule has 0 aliphatic carbocycles. The molecule has 94 valence electrons. The standard InChI is InChI=1S/C14H21NO2/c1-11-6-7-14(17-3)13(9-11)15-8-4-5-12(15)10-16-2/h6-7,9,12H,4-5,8,10H2,1-3H3/t12-/m0/s1. The fourth-order valence-electron chi connectivity index (χ4n) is 2.54. The molecule has 2 rings (SSSR count). The van der Waals surface area contributed by atoms with Crippen LogP contribution in [0.3, 0.4) is 0 Å². The lowest BCUT2D eigenvalue weighted by Crippen LogP contribution is -2.33. The first-order valence-corrected chi connectivity index (χ1v) is 6.16. The van der Waals surface area contributed by atoms with Gasteiger partial charge >= 0.3 is 0 Å². The second-order valence-electron chi connectivity index (χ2n) is 4.62. The number of hydrogen-bond acceptors (Lipinski definition) is 3. The van der Waals surface area contributed by atoms with Crippen LogP contribution >= 0.6 is 0 Å². The van der Waals surface area contributed by atoms with Crippen LogP contribution in [0.1, 0.15) is 18.4 Å². The van der Waals surface area contributed by atoms with Crippen LogP contribution in [0.25, 0.3) is 0 Å². The van der Waals surface area contributed by atoms with Gasteiger partial charge in [-0.2, -0.15) is 0 Å². The Kier molecular flexibility index (Phi) is 3.89. The van der Waals surface area contributed by atoms with Gasteiger partial charge in [0.25, 0.3) is 0 Å². The summed E-state index contributed by atoms with van der Waals surface area (Å²) < 4.78 is 10.8. The van der Waals surface area contributed by atoms with Crippen molar-refractivity contribution in [3.05, 3.63) is 23.8 Å². The third-order valence-corrected chi connectivity index (χ3v) is 3.38. The van der Waals surface area contributed by atoms with Gasteiger partial charge in [0.1, 0.15) is 5.75 Å². The number of anilines is 1. The summed E-state index contributed by atoms with van der Waals surface area (Å²) in [7, 11) is 3.50. The van der Waals surface area contributed by atoms with E-state index < -0.39 is 0 Å². The second-order valence-corrected chi connectivity index (χ2v) is 4.62. The van der Waals surface area contributed by atoms with Crippen LogP contribution in [-0.4, -0.2) is 33.4 Å². The molecular formula is C14H21NO2. The molecule has 1 aliphatic heterocycles. The van der Waals surface area contributed by atoms with Gasteiger partial charge in [0.15, 0.2) is 0 Å². The van der Waals surface area contributed by atoms with Gasteiger partial charge in [-0.3, -0.25) is 0 Å². The molecule has 17 heavy (non-hydrogen) atoms. The molecular weight excluding hydrogens is 214 g/mol. The Morgan fingerprint density at radius 2 is 2.18 bits per heavy atom. The normalized spacial score (nSPS) is 19.7. The number of methoxy groups -OCH3 is 2. The van der Waals surface area contributed by atoms with Gasteiger partial charge < -0.3 is 14.4 Å². The predicted molar refractivity (Wildman–Crippen MR) is 70.0 cm³/mol. The fraction of sp³-hybridized carbons (Fsp3) is 0.571. The maximum Gasteiger partial charge on any atom is 0.142 e. The minimum absolute atomic E-state index is 0.482. The summed E-state index contributed by atoms with van der Waals surface area (Å²) in [4.78, 5) is 2.41. The summed E-state index contributed by atoms with van der Waals surface area (Å²) in [5.74, 6) is 0.957. The van der Waals surface area contributed by atoms with Crippen LogP contribution < -0.4 is 9.64 Å². The molecule has 1 heterocycles. The average molecular weight is 235 g/mol. The number of hydrogen-bond donors (Lipinski definition) is 0. The van der Waals surface area contributed by atoms with Crippen LogP contribution in [0.15, 0.2) is 18.2 Å². The molecule has 1 atom stereocenters. The van der Waals surface area contributed by atoms with E-state index in [1.165, 1.54) is 24.1 Å². The highest BCUT2D eigenvalue weighted by atomic mass is 16.5. The molecule has 0 amide bonds. The van der Waals surface area contributed by atoms with Crippen molar-refractivity contribution in [1.82, 2.24) is 0 Å². The van der Waals surface area contributed by atoms with Gasteiger partial charge in [0.05, 0.1) is 25.4 Å². The van der Waals surface area contributed by atoms with Crippen molar-refractivity contribution >= 4 is 5.69 Å². The number of ether oxygens (including phenoxy) is 2. The highest BCUT2D eigenvalue weighted by molar-refractivity contribution is 5.61. The Bertz CT molecular complexity index is 378. The monoisotopic (exact) mass is 235 g/mol. The fourth-order valence-corrected chi connectivity index (χ4v) is 2.54. The molecule has 1 fully saturated rings. The van der Waals surface area contributed by atoms with Crippen molar-refractivity contribution in [1.29, 1.82) is 0 Å². The Morgan fingerprint density at radius 3 is 2.88 bits per heavy atom. The molecule has 1 aliphatic rings. The molecule has 1 saturated heterocycles. The van der Waals surface area contributed by atoms with Crippen molar-refractivity contribution in [2.75, 3.05) is 32.3 Å². The molecule has 1 aromatic carbocycles. The summed E-state index contributed by atoms with van der Waals surface area (Å²) >= 11 is 0. The van der Waals surface area contributed by atoms with Gasteiger partial charge in [0, 0.05) is 13.7 Å². The first-order valence-electron chi connectivity index (χ1n) is 6.16. The zero-order chi connectivity index (χ0) is 12.3. The minimum atomic E-state index is 0.482. The molecule has 0 aromatic heterocycles. The SMILES string of the molecule is COC[C@@H]1CCCN1c1cc(C)ccc1OC. The Balaban J connectivity index is 2.28. The summed E-state index contributed by atoms with van der Waals surface area (Å²) in [6.07, 6.45) is 2.43. The van der Waals surface area contributed by atoms with E-state index in [0.29, 0.717) is 6.04 Å². The molecule has 3 heteroatoms. The second kappa shape index (κ2) is 5.41. The lowest BCUT2D eigenvalue weighted by molar-refractivity contribution is 0.180. The Hall–Kier alpha value is -1.22. The molecule has 0 radical (unpaired) electrons. The van der Waals surface area contributed by atoms with Gasteiger partial charge in [-0.1, -0.05) is 6.07 Å². The van der Waals surface area contributed by atoms with Crippen molar-refractivity contribution in [2.24, 2.45) is 0 Å². The zero-order valence-corrected chi connectivity index (χ0v) is 10.9. The van der Waals surface area contributed by atoms with Gasteiger partial charge in [-0.25, -0.2) is 0 Å². The number of aryl methyl sites for hydroxylation is 1. The topological polar surface area (TPSA) is 21.7 Å². The maximum absolute atomic E-state index is 5.46. The molecule has 3 nitrogen and oxygen atoms in total. The maximum atomic E-state index is 5.46. The number of benzene rings is 1. The van der Waals surface area contributed by atoms with E-state index in [9.17, 15) is 0 Å². The highest BCUT2D eigenvalue weighted by Crippen LogP contribution is 2.34. The molecule has 0 spiro atoms. The first-order chi connectivity index (χ1) is 8.26. The van der Waals surface area contributed by atoms with Gasteiger partial charge in [-0.15, -0.1) is 0 Å². The minimum Gasteiger partial charge on any atom is -0.495 e. The molecule has 0 unspecified atom stereocenters. The summed E-state index contributed by atoms with van der Waals surface area (Å²) in [6, 6.07) is 6.82. The van der Waals surface area contributed by atoms with Crippen molar-refractivity contribution in [2.45, 2.75) is 25.8 Å². The van der Waals surface area contributed by atoms with E-state index in [2.05, 4.69) is 24.0 Å². The Labute approximate surface area is 103 Å². The molecule has 0 saturated carbocycles. The molecule has 0 N–H and O–H groups in total. The smallest absolute Gasteiger partial charge is 0.142 e. The highest BCUT2D eigenvalue weighted by Gasteiger charge is 2.26. The quantitative estimate of drug-likeness (QED) is 0.800. The van der Waals surface area contributed by atoms with E-state index >= 15 is 0 Å². The van der Waals surface area contributed by atoms with Crippen molar-refractivity contribution in [3.63, 3.8) is 0 Å². The van der Waals surface area contributed by atoms with Gasteiger partial charge in [-0.05, 0) is 37.5 Å². The van der Waals surface area contributed by atoms with E-state index in [4.69, 9.17) is 9.47 Å². The van der Waals surface area contributed by atoms with E-state index in [-0.39, 0.29) is 0 Å². The lowest BCUT2D eigenvalue weighted by Gasteiger charge is -2.28. The summed E-state index contributed by atoms with van der Waals surface area (Å²) in [5.41, 5.74) is 2.47. The van der Waals surface area contributed by atoms with E-state index in [0.717, 1.165) is 18.9 Å². The van der Waals surface area contributed by atoms with Crippen LogP contribution in [0.2, 0.25) is 0 Å². The van der Waals surface area contributed by atoms with Crippen LogP contribution in [-0.2, 0) is 4.74 Å². The third-order valence-electron chi connectivity index (χ3n) is 3.38. The van der Waals surface area contributed by atoms with E-state index in [1.807, 2.05) is 6.07 Å². The van der Waals surface area contributed by atoms with Crippen molar-refractivity contribution in [3.8, 4) is 5.75 Å². The van der Waals surface area contributed by atoms with E-state index in [1.54, 1.807) is 14.2 Å². The molecule has 0 bridgehead atoms. The van der Waals surface area contributed by atoms with Crippen LogP contribution in [0.5, 0.6) is 5.75 Å². The number of nitrogens with zero attached hydrogens (tertiary/aromatic N) is 1.